The summed E-state index contributed by atoms with van der Waals surface area (Å²) in [5.74, 6) is 0.898. The van der Waals surface area contributed by atoms with E-state index in [1.54, 1.807) is 45.3 Å². The fraction of sp³-hybridized carbons (Fsp3) is 0.211. The van der Waals surface area contributed by atoms with Crippen molar-refractivity contribution >= 4 is 28.8 Å². The minimum atomic E-state index is -0.189. The Balaban J connectivity index is 1.65. The first-order chi connectivity index (χ1) is 12.4. The number of amides is 2. The molecule has 0 atom stereocenters. The zero-order valence-electron chi connectivity index (χ0n) is 14.8. The van der Waals surface area contributed by atoms with E-state index in [-0.39, 0.29) is 18.2 Å². The number of aryl methyl sites for hydroxylation is 1. The molecule has 0 spiro atoms. The minimum absolute atomic E-state index is 0.0813. The van der Waals surface area contributed by atoms with Gasteiger partial charge in [0.05, 0.1) is 17.0 Å². The second-order valence-corrected chi connectivity index (χ2v) is 6.95. The summed E-state index contributed by atoms with van der Waals surface area (Å²) >= 11 is 1.54. The first-order valence-corrected chi connectivity index (χ1v) is 8.94. The number of nitrogens with one attached hydrogen (secondary N) is 1. The summed E-state index contributed by atoms with van der Waals surface area (Å²) in [4.78, 5) is 31.0. The van der Waals surface area contributed by atoms with Gasteiger partial charge in [0.25, 0.3) is 5.91 Å². The van der Waals surface area contributed by atoms with Gasteiger partial charge in [-0.3, -0.25) is 9.59 Å². The van der Waals surface area contributed by atoms with Crippen molar-refractivity contribution in [2.45, 2.75) is 13.3 Å². The molecule has 0 bridgehead atoms. The number of nitrogens with zero attached hydrogens (tertiary/aromatic N) is 2. The highest BCUT2D eigenvalue weighted by atomic mass is 32.1. The molecule has 7 heteroatoms. The number of carbonyl (C=O) groups excluding carboxylic acids is 2. The van der Waals surface area contributed by atoms with Gasteiger partial charge in [0.1, 0.15) is 5.76 Å². The largest absolute Gasteiger partial charge is 0.440 e. The maximum atomic E-state index is 12.3. The Morgan fingerprint density at radius 1 is 1.19 bits per heavy atom. The Morgan fingerprint density at radius 3 is 2.54 bits per heavy atom. The highest BCUT2D eigenvalue weighted by Crippen LogP contribution is 2.26. The normalized spacial score (nSPS) is 10.6. The van der Waals surface area contributed by atoms with Gasteiger partial charge in [0.15, 0.2) is 0 Å². The van der Waals surface area contributed by atoms with Gasteiger partial charge < -0.3 is 14.6 Å². The standard InChI is InChI=1S/C19H19N3O3S/c1-12-15(21-18(25-12)16-5-4-10-26-16)11-17(23)20-14-8-6-13(7-9-14)19(24)22(2)3/h4-10H,11H2,1-3H3,(H,20,23). The number of hydrogen-bond acceptors (Lipinski definition) is 5. The first-order valence-electron chi connectivity index (χ1n) is 8.06. The maximum absolute atomic E-state index is 12.3. The number of thiophene rings is 1. The molecule has 134 valence electrons. The van der Waals surface area contributed by atoms with Gasteiger partial charge in [0, 0.05) is 25.3 Å². The van der Waals surface area contributed by atoms with E-state index in [1.165, 1.54) is 16.2 Å². The van der Waals surface area contributed by atoms with Crippen molar-refractivity contribution in [1.29, 1.82) is 0 Å². The third kappa shape index (κ3) is 4.00. The molecule has 3 rings (SSSR count). The van der Waals surface area contributed by atoms with Gasteiger partial charge in [-0.2, -0.15) is 0 Å². The van der Waals surface area contributed by atoms with E-state index in [0.717, 1.165) is 4.88 Å². The predicted molar refractivity (Wildman–Crippen MR) is 101 cm³/mol. The summed E-state index contributed by atoms with van der Waals surface area (Å²) in [7, 11) is 3.39. The maximum Gasteiger partial charge on any atom is 0.253 e. The SMILES string of the molecule is Cc1oc(-c2cccs2)nc1CC(=O)Nc1ccc(C(=O)N(C)C)cc1. The minimum Gasteiger partial charge on any atom is -0.440 e. The second-order valence-electron chi connectivity index (χ2n) is 6.00. The van der Waals surface area contributed by atoms with Crippen molar-refractivity contribution in [3.63, 3.8) is 0 Å². The zero-order valence-corrected chi connectivity index (χ0v) is 15.6. The molecule has 0 radical (unpaired) electrons. The van der Waals surface area contributed by atoms with Crippen LogP contribution in [0, 0.1) is 6.92 Å². The Labute approximate surface area is 155 Å². The number of hydrogen-bond donors (Lipinski definition) is 1. The molecule has 1 N–H and O–H groups in total. The van der Waals surface area contributed by atoms with Gasteiger partial charge in [-0.1, -0.05) is 6.07 Å². The Bertz CT molecular complexity index is 912. The van der Waals surface area contributed by atoms with Crippen LogP contribution in [0.1, 0.15) is 21.8 Å². The van der Waals surface area contributed by atoms with Gasteiger partial charge in [-0.15, -0.1) is 11.3 Å². The van der Waals surface area contributed by atoms with E-state index < -0.39 is 0 Å². The van der Waals surface area contributed by atoms with Crippen LogP contribution >= 0.6 is 11.3 Å². The number of aromatic nitrogens is 1. The Kier molecular flexibility index (Phi) is 5.18. The second kappa shape index (κ2) is 7.53. The van der Waals surface area contributed by atoms with E-state index in [0.29, 0.717) is 28.6 Å². The van der Waals surface area contributed by atoms with Crippen LogP contribution < -0.4 is 5.32 Å². The molecule has 2 heterocycles. The fourth-order valence-electron chi connectivity index (χ4n) is 2.41. The molecule has 1 aromatic carbocycles. The fourth-order valence-corrected chi connectivity index (χ4v) is 3.06. The average Bonchev–Trinajstić information content (AvgIpc) is 3.25. The van der Waals surface area contributed by atoms with Crippen molar-refractivity contribution in [3.05, 3.63) is 58.8 Å². The number of anilines is 1. The molecular weight excluding hydrogens is 350 g/mol. The third-order valence-electron chi connectivity index (χ3n) is 3.77. The zero-order chi connectivity index (χ0) is 18.7. The van der Waals surface area contributed by atoms with Crippen LogP contribution in [0.3, 0.4) is 0 Å². The molecule has 0 aliphatic heterocycles. The molecule has 0 aliphatic carbocycles. The smallest absolute Gasteiger partial charge is 0.253 e. The van der Waals surface area contributed by atoms with Crippen LogP contribution in [0.2, 0.25) is 0 Å². The number of oxazole rings is 1. The molecule has 0 unspecified atom stereocenters. The number of benzene rings is 1. The summed E-state index contributed by atoms with van der Waals surface area (Å²) < 4.78 is 5.65. The van der Waals surface area contributed by atoms with Gasteiger partial charge in [0.2, 0.25) is 11.8 Å². The Morgan fingerprint density at radius 2 is 1.92 bits per heavy atom. The predicted octanol–water partition coefficient (Wildman–Crippen LogP) is 3.59. The van der Waals surface area contributed by atoms with Crippen LogP contribution in [0.15, 0.2) is 46.2 Å². The number of rotatable bonds is 5. The van der Waals surface area contributed by atoms with E-state index in [2.05, 4.69) is 10.3 Å². The van der Waals surface area contributed by atoms with Gasteiger partial charge >= 0.3 is 0 Å². The molecule has 2 aromatic heterocycles. The topological polar surface area (TPSA) is 75.4 Å². The van der Waals surface area contributed by atoms with Crippen LogP contribution in [-0.4, -0.2) is 35.8 Å². The van der Waals surface area contributed by atoms with Crippen LogP contribution in [0.25, 0.3) is 10.8 Å². The van der Waals surface area contributed by atoms with E-state index in [4.69, 9.17) is 4.42 Å². The average molecular weight is 369 g/mol. The third-order valence-corrected chi connectivity index (χ3v) is 4.63. The molecule has 0 aliphatic rings. The molecule has 0 saturated heterocycles. The molecule has 26 heavy (non-hydrogen) atoms. The molecule has 6 nitrogen and oxygen atoms in total. The highest BCUT2D eigenvalue weighted by Gasteiger charge is 2.15. The lowest BCUT2D eigenvalue weighted by atomic mass is 10.2. The van der Waals surface area contributed by atoms with Crippen LogP contribution in [-0.2, 0) is 11.2 Å². The van der Waals surface area contributed by atoms with Crippen molar-refractivity contribution < 1.29 is 14.0 Å². The van der Waals surface area contributed by atoms with Crippen LogP contribution in [0.5, 0.6) is 0 Å². The van der Waals surface area contributed by atoms with Gasteiger partial charge in [-0.25, -0.2) is 4.98 Å². The molecule has 0 fully saturated rings. The summed E-state index contributed by atoms with van der Waals surface area (Å²) in [6, 6.07) is 10.7. The Hall–Kier alpha value is -2.93. The summed E-state index contributed by atoms with van der Waals surface area (Å²) in [6.07, 6.45) is 0.124. The lowest BCUT2D eigenvalue weighted by Crippen LogP contribution is -2.21. The summed E-state index contributed by atoms with van der Waals surface area (Å²) in [5, 5.41) is 4.76. The summed E-state index contributed by atoms with van der Waals surface area (Å²) in [6.45, 7) is 1.80. The quantitative estimate of drug-likeness (QED) is 0.746. The molecular formula is C19H19N3O3S. The van der Waals surface area contributed by atoms with Crippen molar-refractivity contribution in [3.8, 4) is 10.8 Å². The van der Waals surface area contributed by atoms with Gasteiger partial charge in [-0.05, 0) is 42.6 Å². The van der Waals surface area contributed by atoms with E-state index in [1.807, 2.05) is 17.5 Å². The van der Waals surface area contributed by atoms with Crippen molar-refractivity contribution in [2.75, 3.05) is 19.4 Å². The van der Waals surface area contributed by atoms with Crippen molar-refractivity contribution in [2.24, 2.45) is 0 Å². The van der Waals surface area contributed by atoms with Crippen molar-refractivity contribution in [1.82, 2.24) is 9.88 Å². The molecule has 2 amide bonds. The van der Waals surface area contributed by atoms with Crippen LogP contribution in [0.4, 0.5) is 5.69 Å². The van der Waals surface area contributed by atoms with E-state index in [9.17, 15) is 9.59 Å². The lowest BCUT2D eigenvalue weighted by Gasteiger charge is -2.10. The summed E-state index contributed by atoms with van der Waals surface area (Å²) in [5.41, 5.74) is 1.82. The first kappa shape index (κ1) is 17.9. The molecule has 3 aromatic rings. The lowest BCUT2D eigenvalue weighted by molar-refractivity contribution is -0.115. The molecule has 0 saturated carbocycles. The number of carbonyl (C=O) groups is 2. The highest BCUT2D eigenvalue weighted by molar-refractivity contribution is 7.13. The van der Waals surface area contributed by atoms with E-state index >= 15 is 0 Å². The monoisotopic (exact) mass is 369 g/mol.